The molecule has 1 unspecified atom stereocenters. The highest BCUT2D eigenvalue weighted by molar-refractivity contribution is 5.85. The molecule has 108 valence electrons. The molecule has 0 aromatic rings. The van der Waals surface area contributed by atoms with Gasteiger partial charge in [0.2, 0.25) is 0 Å². The molecule has 2 aliphatic heterocycles. The van der Waals surface area contributed by atoms with Crippen LogP contribution in [0.2, 0.25) is 0 Å². The lowest BCUT2D eigenvalue weighted by Gasteiger charge is -2.46. The second-order valence-electron chi connectivity index (χ2n) is 7.22. The van der Waals surface area contributed by atoms with Gasteiger partial charge in [0.1, 0.15) is 6.10 Å². The van der Waals surface area contributed by atoms with E-state index in [2.05, 4.69) is 24.1 Å². The molecule has 0 aromatic heterocycles. The van der Waals surface area contributed by atoms with E-state index in [1.165, 1.54) is 24.0 Å². The molecule has 4 rings (SSSR count). The molecule has 2 aliphatic carbocycles. The van der Waals surface area contributed by atoms with Crippen molar-refractivity contribution < 1.29 is 9.53 Å². The SMILES string of the molecule is CC1=C2[C@H]3OC(=O)[C@]4(CCN=N4)C3CC[C@@]2(C)CCC1. The van der Waals surface area contributed by atoms with Crippen molar-refractivity contribution in [3.05, 3.63) is 11.1 Å². The minimum atomic E-state index is -0.642. The Morgan fingerprint density at radius 2 is 2.15 bits per heavy atom. The van der Waals surface area contributed by atoms with Crippen LogP contribution in [0, 0.1) is 11.3 Å². The van der Waals surface area contributed by atoms with Crippen LogP contribution in [-0.4, -0.2) is 24.2 Å². The molecule has 4 heteroatoms. The van der Waals surface area contributed by atoms with Crippen LogP contribution in [-0.2, 0) is 9.53 Å². The molecular weight excluding hydrogens is 252 g/mol. The minimum absolute atomic E-state index is 0.0291. The van der Waals surface area contributed by atoms with Crippen LogP contribution >= 0.6 is 0 Å². The number of fused-ring (bicyclic) bond motifs is 4. The Balaban J connectivity index is 1.80. The van der Waals surface area contributed by atoms with Crippen LogP contribution < -0.4 is 0 Å². The number of hydrogen-bond acceptors (Lipinski definition) is 4. The van der Waals surface area contributed by atoms with Gasteiger partial charge in [-0.1, -0.05) is 12.5 Å². The average Bonchev–Trinajstić information content (AvgIpc) is 2.97. The van der Waals surface area contributed by atoms with E-state index in [9.17, 15) is 4.79 Å². The summed E-state index contributed by atoms with van der Waals surface area (Å²) in [4.78, 5) is 12.5. The van der Waals surface area contributed by atoms with Gasteiger partial charge in [0, 0.05) is 12.3 Å². The molecular formula is C16H22N2O2. The zero-order valence-electron chi connectivity index (χ0n) is 12.3. The summed E-state index contributed by atoms with van der Waals surface area (Å²) in [5.74, 6) is 0.0984. The quantitative estimate of drug-likeness (QED) is 0.502. The summed E-state index contributed by atoms with van der Waals surface area (Å²) in [6.07, 6.45) is 6.57. The topological polar surface area (TPSA) is 51.0 Å². The number of azo groups is 1. The molecule has 20 heavy (non-hydrogen) atoms. The normalized spacial score (nSPS) is 46.6. The highest BCUT2D eigenvalue weighted by Gasteiger charge is 2.63. The zero-order chi connectivity index (χ0) is 14.0. The molecule has 1 spiro atoms. The number of nitrogens with zero attached hydrogens (tertiary/aromatic N) is 2. The Bertz CT molecular complexity index is 539. The van der Waals surface area contributed by atoms with E-state index in [4.69, 9.17) is 4.74 Å². The predicted molar refractivity (Wildman–Crippen MR) is 74.3 cm³/mol. The van der Waals surface area contributed by atoms with Crippen molar-refractivity contribution in [3.63, 3.8) is 0 Å². The second-order valence-corrected chi connectivity index (χ2v) is 7.22. The molecule has 2 fully saturated rings. The summed E-state index contributed by atoms with van der Waals surface area (Å²) in [5, 5.41) is 8.45. The summed E-state index contributed by atoms with van der Waals surface area (Å²) in [6.45, 7) is 5.26. The first-order valence-corrected chi connectivity index (χ1v) is 7.87. The summed E-state index contributed by atoms with van der Waals surface area (Å²) in [6, 6.07) is 0. The third-order valence-corrected chi connectivity index (χ3v) is 6.09. The van der Waals surface area contributed by atoms with Gasteiger partial charge in [-0.3, -0.25) is 0 Å². The summed E-state index contributed by atoms with van der Waals surface area (Å²) in [5.41, 5.74) is 2.47. The zero-order valence-corrected chi connectivity index (χ0v) is 12.3. The lowest BCUT2D eigenvalue weighted by molar-refractivity contribution is -0.144. The molecule has 4 atom stereocenters. The van der Waals surface area contributed by atoms with E-state index >= 15 is 0 Å². The Labute approximate surface area is 119 Å². The molecule has 0 aromatic carbocycles. The third kappa shape index (κ3) is 1.40. The molecule has 4 aliphatic rings. The molecule has 0 N–H and O–H groups in total. The molecule has 1 saturated carbocycles. The number of esters is 1. The van der Waals surface area contributed by atoms with Crippen LogP contribution in [0.1, 0.15) is 52.4 Å². The van der Waals surface area contributed by atoms with Gasteiger partial charge in [-0.15, -0.1) is 0 Å². The summed E-state index contributed by atoms with van der Waals surface area (Å²) in [7, 11) is 0. The van der Waals surface area contributed by atoms with E-state index in [-0.39, 0.29) is 23.4 Å². The number of rotatable bonds is 0. The first kappa shape index (κ1) is 12.5. The van der Waals surface area contributed by atoms with Crippen molar-refractivity contribution in [2.24, 2.45) is 21.6 Å². The number of ether oxygens (including phenoxy) is 1. The van der Waals surface area contributed by atoms with Crippen molar-refractivity contribution in [2.75, 3.05) is 6.54 Å². The van der Waals surface area contributed by atoms with Crippen LogP contribution in [0.15, 0.2) is 21.4 Å². The summed E-state index contributed by atoms with van der Waals surface area (Å²) < 4.78 is 5.86. The largest absolute Gasteiger partial charge is 0.456 e. The van der Waals surface area contributed by atoms with Gasteiger partial charge in [-0.25, -0.2) is 4.79 Å². The average molecular weight is 274 g/mol. The first-order chi connectivity index (χ1) is 9.57. The number of carbonyl (C=O) groups is 1. The van der Waals surface area contributed by atoms with Crippen LogP contribution in [0.4, 0.5) is 0 Å². The maximum absolute atomic E-state index is 12.5. The number of carbonyl (C=O) groups excluding carboxylic acids is 1. The van der Waals surface area contributed by atoms with E-state index in [0.29, 0.717) is 6.54 Å². The molecule has 1 saturated heterocycles. The van der Waals surface area contributed by atoms with Crippen LogP contribution in [0.5, 0.6) is 0 Å². The maximum Gasteiger partial charge on any atom is 0.337 e. The summed E-state index contributed by atoms with van der Waals surface area (Å²) >= 11 is 0. The van der Waals surface area contributed by atoms with Gasteiger partial charge in [-0.2, -0.15) is 10.2 Å². The lowest BCUT2D eigenvalue weighted by Crippen LogP contribution is -2.45. The van der Waals surface area contributed by atoms with Crippen molar-refractivity contribution in [2.45, 2.75) is 64.0 Å². The second kappa shape index (κ2) is 3.92. The van der Waals surface area contributed by atoms with Crippen LogP contribution in [0.3, 0.4) is 0 Å². The predicted octanol–water partition coefficient (Wildman–Crippen LogP) is 3.42. The highest BCUT2D eigenvalue weighted by Crippen LogP contribution is 2.58. The molecule has 2 heterocycles. The lowest BCUT2D eigenvalue weighted by atomic mass is 9.58. The standard InChI is InChI=1S/C16H22N2O2/c1-10-4-3-6-15(2)7-5-11-13(12(10)15)20-14(19)16(11)8-9-17-18-16/h11,13H,3-9H2,1-2H3/t11?,13-,15+,16-/m0/s1. The van der Waals surface area contributed by atoms with Gasteiger partial charge in [0.15, 0.2) is 5.54 Å². The van der Waals surface area contributed by atoms with Crippen molar-refractivity contribution in [1.82, 2.24) is 0 Å². The fourth-order valence-corrected chi connectivity index (χ4v) is 5.05. The number of hydrogen-bond donors (Lipinski definition) is 0. The molecule has 0 bridgehead atoms. The molecule has 0 amide bonds. The van der Waals surface area contributed by atoms with Gasteiger partial charge >= 0.3 is 5.97 Å². The van der Waals surface area contributed by atoms with Gasteiger partial charge in [-0.05, 0) is 50.0 Å². The molecule has 4 nitrogen and oxygen atoms in total. The van der Waals surface area contributed by atoms with Crippen molar-refractivity contribution in [1.29, 1.82) is 0 Å². The Morgan fingerprint density at radius 3 is 2.90 bits per heavy atom. The fraction of sp³-hybridized carbons (Fsp3) is 0.812. The number of allylic oxidation sites excluding steroid dienone is 1. The molecule has 0 radical (unpaired) electrons. The van der Waals surface area contributed by atoms with E-state index in [0.717, 1.165) is 25.7 Å². The highest BCUT2D eigenvalue weighted by atomic mass is 16.6. The first-order valence-electron chi connectivity index (χ1n) is 7.87. The fourth-order valence-electron chi connectivity index (χ4n) is 5.05. The van der Waals surface area contributed by atoms with Gasteiger partial charge < -0.3 is 4.74 Å². The Kier molecular flexibility index (Phi) is 2.46. The van der Waals surface area contributed by atoms with Gasteiger partial charge in [0.05, 0.1) is 6.54 Å². The van der Waals surface area contributed by atoms with Crippen molar-refractivity contribution in [3.8, 4) is 0 Å². The monoisotopic (exact) mass is 274 g/mol. The van der Waals surface area contributed by atoms with Gasteiger partial charge in [0.25, 0.3) is 0 Å². The van der Waals surface area contributed by atoms with E-state index in [1.807, 2.05) is 0 Å². The third-order valence-electron chi connectivity index (χ3n) is 6.09. The Morgan fingerprint density at radius 1 is 1.30 bits per heavy atom. The van der Waals surface area contributed by atoms with Crippen LogP contribution in [0.25, 0.3) is 0 Å². The minimum Gasteiger partial charge on any atom is -0.456 e. The maximum atomic E-state index is 12.5. The smallest absolute Gasteiger partial charge is 0.337 e. The Hall–Kier alpha value is -1.19. The van der Waals surface area contributed by atoms with Crippen molar-refractivity contribution >= 4 is 5.97 Å². The van der Waals surface area contributed by atoms with E-state index < -0.39 is 5.54 Å². The van der Waals surface area contributed by atoms with E-state index in [1.54, 1.807) is 0 Å².